The molecule has 0 aliphatic heterocycles. The van der Waals surface area contributed by atoms with Crippen molar-refractivity contribution in [1.29, 1.82) is 0 Å². The van der Waals surface area contributed by atoms with Crippen molar-refractivity contribution >= 4 is 49.6 Å². The van der Waals surface area contributed by atoms with E-state index in [0.717, 1.165) is 39.4 Å². The number of carbonyl (C=O) groups is 1. The summed E-state index contributed by atoms with van der Waals surface area (Å²) in [6.45, 7) is 6.72. The molecule has 0 saturated heterocycles. The zero-order valence-electron chi connectivity index (χ0n) is 26.8. The topological polar surface area (TPSA) is 54.8 Å². The van der Waals surface area contributed by atoms with Gasteiger partial charge in [-0.15, -0.1) is 0 Å². The van der Waals surface area contributed by atoms with Crippen molar-refractivity contribution in [1.82, 2.24) is 4.98 Å². The van der Waals surface area contributed by atoms with Crippen LogP contribution < -0.4 is 9.75 Å². The Morgan fingerprint density at radius 2 is 1.82 bits per heavy atom. The molecule has 1 heterocycles. The minimum absolute atomic E-state index is 0.452. The third-order valence-electron chi connectivity index (χ3n) is 9.89. The Kier molecular flexibility index (Phi) is 10.6. The largest absolute Gasteiger partial charge is 0.423 e. The van der Waals surface area contributed by atoms with Gasteiger partial charge in [-0.3, -0.25) is 0 Å². The summed E-state index contributed by atoms with van der Waals surface area (Å²) in [6, 6.07) is 19.0. The number of esters is 1. The Bertz CT molecular complexity index is 1600. The summed E-state index contributed by atoms with van der Waals surface area (Å²) in [5, 5.41) is 10.5. The molecule has 2 saturated carbocycles. The molecule has 0 radical (unpaired) electrons. The minimum atomic E-state index is -0.452. The Morgan fingerprint density at radius 1 is 1.00 bits per heavy atom. The van der Waals surface area contributed by atoms with Crippen LogP contribution in [0.25, 0.3) is 21.0 Å². The molecule has 5 nitrogen and oxygen atoms in total. The maximum atomic E-state index is 12.0. The number of para-hydroxylation sites is 1. The summed E-state index contributed by atoms with van der Waals surface area (Å²) >= 11 is 1.71. The molecular weight excluding hydrogens is 575 g/mol. The highest BCUT2D eigenvalue weighted by atomic mass is 32.1. The van der Waals surface area contributed by atoms with Crippen LogP contribution in [0.4, 0.5) is 5.13 Å². The number of aromatic nitrogens is 1. The molecule has 2 fully saturated rings. The van der Waals surface area contributed by atoms with E-state index < -0.39 is 5.97 Å². The zero-order chi connectivity index (χ0) is 31.0. The fraction of sp³-hybridized carbons (Fsp3) is 0.462. The first kappa shape index (κ1) is 31.5. The molecule has 3 aromatic carbocycles. The first-order valence-corrected chi connectivity index (χ1v) is 18.0. The van der Waals surface area contributed by atoms with Crippen LogP contribution in [0.15, 0.2) is 72.4 Å². The van der Waals surface area contributed by atoms with Gasteiger partial charge >= 0.3 is 5.97 Å². The van der Waals surface area contributed by atoms with Crippen LogP contribution in [0.3, 0.4) is 0 Å². The second-order valence-corrected chi connectivity index (χ2v) is 14.1. The highest BCUT2D eigenvalue weighted by Gasteiger charge is 2.24. The van der Waals surface area contributed by atoms with E-state index in [0.29, 0.717) is 17.6 Å². The van der Waals surface area contributed by atoms with Gasteiger partial charge < -0.3 is 4.74 Å². The summed E-state index contributed by atoms with van der Waals surface area (Å²) in [7, 11) is 0. The average molecular weight is 622 g/mol. The smallest absolute Gasteiger partial charge is 0.335 e. The Morgan fingerprint density at radius 3 is 2.60 bits per heavy atom. The van der Waals surface area contributed by atoms with Gasteiger partial charge in [-0.05, 0) is 103 Å². The van der Waals surface area contributed by atoms with Gasteiger partial charge in [0.15, 0.2) is 0 Å². The Hall–Kier alpha value is -3.51. The monoisotopic (exact) mass is 621 g/mol. The normalized spacial score (nSPS) is 19.3. The molecule has 0 unspecified atom stereocenters. The van der Waals surface area contributed by atoms with Crippen molar-refractivity contribution in [2.24, 2.45) is 16.9 Å². The molecule has 0 amide bonds. The van der Waals surface area contributed by atoms with E-state index >= 15 is 0 Å². The second-order valence-electron chi connectivity index (χ2n) is 13.1. The van der Waals surface area contributed by atoms with Crippen molar-refractivity contribution in [2.45, 2.75) is 96.3 Å². The lowest BCUT2D eigenvalue weighted by Gasteiger charge is -2.29. The van der Waals surface area contributed by atoms with Crippen molar-refractivity contribution in [3.05, 3.63) is 78.4 Å². The summed E-state index contributed by atoms with van der Waals surface area (Å²) in [5.74, 6) is 2.12. The van der Waals surface area contributed by atoms with Gasteiger partial charge in [0.05, 0.1) is 16.4 Å². The van der Waals surface area contributed by atoms with Gasteiger partial charge in [0.25, 0.3) is 0 Å². The van der Waals surface area contributed by atoms with Crippen molar-refractivity contribution in [2.75, 3.05) is 11.6 Å². The number of hydrogen-bond donors (Lipinski definition) is 0. The van der Waals surface area contributed by atoms with Crippen molar-refractivity contribution < 1.29 is 9.53 Å². The third-order valence-corrected chi connectivity index (χ3v) is 10.9. The van der Waals surface area contributed by atoms with Crippen LogP contribution in [0.5, 0.6) is 5.75 Å². The maximum Gasteiger partial charge on any atom is 0.335 e. The molecule has 4 aromatic rings. The number of anilines is 1. The van der Waals surface area contributed by atoms with Gasteiger partial charge in [0, 0.05) is 18.2 Å². The summed E-state index contributed by atoms with van der Waals surface area (Å²) < 4.78 is 6.72. The SMILES string of the molecule is C=CC(=O)Oc1ccc2cc(C3CCC(CCCCC)CC3)cc(/C=N/N(CC3CCCCC3)c3nc4ccccc4s3)c2c1. The van der Waals surface area contributed by atoms with E-state index in [9.17, 15) is 4.79 Å². The lowest BCUT2D eigenvalue weighted by molar-refractivity contribution is -0.128. The predicted octanol–water partition coefficient (Wildman–Crippen LogP) is 10.8. The van der Waals surface area contributed by atoms with Gasteiger partial charge in [0.1, 0.15) is 5.75 Å². The predicted molar refractivity (Wildman–Crippen MR) is 190 cm³/mol. The quantitative estimate of drug-likeness (QED) is 0.0394. The zero-order valence-corrected chi connectivity index (χ0v) is 27.6. The molecule has 236 valence electrons. The molecule has 6 rings (SSSR count). The second kappa shape index (κ2) is 15.2. The summed E-state index contributed by atoms with van der Waals surface area (Å²) in [6.07, 6.45) is 20.2. The number of carbonyl (C=O) groups excluding carboxylic acids is 1. The number of ether oxygens (including phenoxy) is 1. The fourth-order valence-electron chi connectivity index (χ4n) is 7.31. The van der Waals surface area contributed by atoms with E-state index in [1.54, 1.807) is 11.3 Å². The molecule has 6 heteroatoms. The molecule has 0 N–H and O–H groups in total. The molecule has 2 aliphatic rings. The number of benzene rings is 3. The lowest BCUT2D eigenvalue weighted by Crippen LogP contribution is -2.26. The van der Waals surface area contributed by atoms with Crippen molar-refractivity contribution in [3.8, 4) is 5.75 Å². The van der Waals surface area contributed by atoms with Crippen LogP contribution in [-0.2, 0) is 4.79 Å². The van der Waals surface area contributed by atoms with Crippen molar-refractivity contribution in [3.63, 3.8) is 0 Å². The molecule has 0 atom stereocenters. The molecule has 0 bridgehead atoms. The maximum absolute atomic E-state index is 12.0. The van der Waals surface area contributed by atoms with Gasteiger partial charge in [0.2, 0.25) is 5.13 Å². The first-order chi connectivity index (χ1) is 22.1. The minimum Gasteiger partial charge on any atom is -0.423 e. The van der Waals surface area contributed by atoms with E-state index in [4.69, 9.17) is 14.8 Å². The van der Waals surface area contributed by atoms with Crippen LogP contribution in [0.2, 0.25) is 0 Å². The van der Waals surface area contributed by atoms with Crippen LogP contribution >= 0.6 is 11.3 Å². The average Bonchev–Trinajstić information content (AvgIpc) is 3.52. The van der Waals surface area contributed by atoms with Crippen LogP contribution in [-0.4, -0.2) is 23.7 Å². The molecule has 1 aromatic heterocycles. The molecule has 2 aliphatic carbocycles. The Labute approximate surface area is 272 Å². The number of fused-ring (bicyclic) bond motifs is 2. The van der Waals surface area contributed by atoms with Crippen LogP contribution in [0, 0.1) is 11.8 Å². The van der Waals surface area contributed by atoms with Gasteiger partial charge in [-0.1, -0.05) is 94.1 Å². The van der Waals surface area contributed by atoms with Gasteiger partial charge in [-0.25, -0.2) is 14.8 Å². The van der Waals surface area contributed by atoms with E-state index in [1.807, 2.05) is 24.4 Å². The molecular formula is C39H47N3O2S. The number of hydrogen-bond acceptors (Lipinski definition) is 6. The number of nitrogens with zero attached hydrogens (tertiary/aromatic N) is 3. The Balaban J connectivity index is 1.33. The van der Waals surface area contributed by atoms with Crippen LogP contribution in [0.1, 0.15) is 107 Å². The number of hydrazone groups is 1. The number of thiazole rings is 1. The third kappa shape index (κ3) is 8.02. The highest BCUT2D eigenvalue weighted by molar-refractivity contribution is 7.22. The standard InChI is InChI=1S/C39H47N3O2S/c1-3-5-7-12-28-17-19-30(20-18-28)32-23-31-21-22-34(44-38(43)4-2)25-35(31)33(24-32)26-40-42(27-29-13-8-6-9-14-29)39-41-36-15-10-11-16-37(36)45-39/h4,10-11,15-16,21-26,28-30H,2-3,5-9,12-14,17-20,27H2,1H3/b40-26+. The first-order valence-electron chi connectivity index (χ1n) is 17.2. The highest BCUT2D eigenvalue weighted by Crippen LogP contribution is 2.40. The van der Waals surface area contributed by atoms with E-state index in [2.05, 4.69) is 54.9 Å². The molecule has 45 heavy (non-hydrogen) atoms. The molecule has 0 spiro atoms. The summed E-state index contributed by atoms with van der Waals surface area (Å²) in [4.78, 5) is 17.0. The van der Waals surface area contributed by atoms with E-state index in [-0.39, 0.29) is 0 Å². The lowest BCUT2D eigenvalue weighted by atomic mass is 9.76. The fourth-order valence-corrected chi connectivity index (χ4v) is 8.24. The van der Waals surface area contributed by atoms with E-state index in [1.165, 1.54) is 99.8 Å². The number of rotatable bonds is 12. The number of unbranched alkanes of at least 4 members (excludes halogenated alkanes) is 2. The summed E-state index contributed by atoms with van der Waals surface area (Å²) in [5.41, 5.74) is 3.47. The van der Waals surface area contributed by atoms with Gasteiger partial charge in [-0.2, -0.15) is 5.10 Å².